The highest BCUT2D eigenvalue weighted by atomic mass is 19.2. The first-order chi connectivity index (χ1) is 8.11. The molecule has 0 saturated carbocycles. The van der Waals surface area contributed by atoms with Gasteiger partial charge in [-0.1, -0.05) is 5.16 Å². The summed E-state index contributed by atoms with van der Waals surface area (Å²) in [4.78, 5) is 3.87. The predicted octanol–water partition coefficient (Wildman–Crippen LogP) is 1.01. The molecule has 1 aromatic heterocycles. The van der Waals surface area contributed by atoms with Crippen LogP contribution in [0.5, 0.6) is 0 Å². The minimum absolute atomic E-state index is 0.0345. The van der Waals surface area contributed by atoms with Gasteiger partial charge in [-0.25, -0.2) is 8.78 Å². The molecule has 1 unspecified atom stereocenters. The van der Waals surface area contributed by atoms with Crippen molar-refractivity contribution in [2.45, 2.75) is 6.04 Å². The van der Waals surface area contributed by atoms with Gasteiger partial charge in [-0.05, 0) is 18.2 Å². The van der Waals surface area contributed by atoms with Crippen LogP contribution in [0, 0.1) is 11.6 Å². The summed E-state index contributed by atoms with van der Waals surface area (Å²) in [5, 5.41) is 12.3. The summed E-state index contributed by atoms with van der Waals surface area (Å²) in [7, 11) is 0. The number of aliphatic hydroxyl groups excluding tert-OH is 1. The second-order valence-electron chi connectivity index (χ2n) is 3.37. The molecular weight excluding hydrogens is 232 g/mol. The molecule has 7 heteroatoms. The zero-order valence-electron chi connectivity index (χ0n) is 8.60. The fraction of sp³-hybridized carbons (Fsp3) is 0.200. The highest BCUT2D eigenvalue weighted by molar-refractivity contribution is 5.54. The van der Waals surface area contributed by atoms with Crippen LogP contribution in [0.4, 0.5) is 8.78 Å². The lowest BCUT2D eigenvalue weighted by Crippen LogP contribution is -2.14. The van der Waals surface area contributed by atoms with Crippen LogP contribution in [0.25, 0.3) is 11.4 Å². The van der Waals surface area contributed by atoms with Crippen LogP contribution < -0.4 is 5.73 Å². The maximum atomic E-state index is 13.0. The van der Waals surface area contributed by atoms with Crippen LogP contribution in [0.15, 0.2) is 22.7 Å². The summed E-state index contributed by atoms with van der Waals surface area (Å²) in [6.07, 6.45) is 0. The molecule has 1 aromatic carbocycles. The van der Waals surface area contributed by atoms with Crippen LogP contribution in [0.2, 0.25) is 0 Å². The minimum Gasteiger partial charge on any atom is -0.394 e. The van der Waals surface area contributed by atoms with Crippen molar-refractivity contribution in [3.63, 3.8) is 0 Å². The molecule has 17 heavy (non-hydrogen) atoms. The van der Waals surface area contributed by atoms with E-state index in [1.807, 2.05) is 0 Å². The second kappa shape index (κ2) is 4.56. The standard InChI is InChI=1S/C10H9F2N3O2/c11-6-2-1-5(3-7(6)12)9-14-10(17-15-9)8(13)4-16/h1-3,8,16H,4,13H2. The van der Waals surface area contributed by atoms with Gasteiger partial charge in [0.2, 0.25) is 11.7 Å². The molecule has 1 heterocycles. The highest BCUT2D eigenvalue weighted by Crippen LogP contribution is 2.19. The fourth-order valence-corrected chi connectivity index (χ4v) is 1.22. The number of nitrogens with two attached hydrogens (primary N) is 1. The average Bonchev–Trinajstić information content (AvgIpc) is 2.81. The van der Waals surface area contributed by atoms with Crippen LogP contribution in [0.1, 0.15) is 11.9 Å². The molecule has 0 spiro atoms. The van der Waals surface area contributed by atoms with Gasteiger partial charge in [0, 0.05) is 5.56 Å². The van der Waals surface area contributed by atoms with Crippen molar-refractivity contribution < 1.29 is 18.4 Å². The number of nitrogens with zero attached hydrogens (tertiary/aromatic N) is 2. The Labute approximate surface area is 94.9 Å². The van der Waals surface area contributed by atoms with Crippen molar-refractivity contribution in [3.05, 3.63) is 35.7 Å². The van der Waals surface area contributed by atoms with Crippen molar-refractivity contribution in [3.8, 4) is 11.4 Å². The van der Waals surface area contributed by atoms with Gasteiger partial charge in [0.15, 0.2) is 11.6 Å². The zero-order valence-corrected chi connectivity index (χ0v) is 8.60. The molecule has 0 aliphatic heterocycles. The Balaban J connectivity index is 2.33. The van der Waals surface area contributed by atoms with Crippen molar-refractivity contribution in [2.24, 2.45) is 5.73 Å². The van der Waals surface area contributed by atoms with Gasteiger partial charge in [-0.15, -0.1) is 0 Å². The molecule has 2 rings (SSSR count). The Hall–Kier alpha value is -1.86. The lowest BCUT2D eigenvalue weighted by atomic mass is 10.2. The molecule has 0 bridgehead atoms. The smallest absolute Gasteiger partial charge is 0.246 e. The van der Waals surface area contributed by atoms with E-state index in [1.54, 1.807) is 0 Å². The first kappa shape index (κ1) is 11.6. The summed E-state index contributed by atoms with van der Waals surface area (Å²) >= 11 is 0. The molecule has 0 saturated heterocycles. The zero-order chi connectivity index (χ0) is 12.4. The van der Waals surface area contributed by atoms with Crippen LogP contribution >= 0.6 is 0 Å². The van der Waals surface area contributed by atoms with E-state index in [-0.39, 0.29) is 23.9 Å². The predicted molar refractivity (Wildman–Crippen MR) is 53.7 cm³/mol. The van der Waals surface area contributed by atoms with Crippen molar-refractivity contribution in [1.29, 1.82) is 0 Å². The van der Waals surface area contributed by atoms with Gasteiger partial charge >= 0.3 is 0 Å². The molecule has 0 radical (unpaired) electrons. The van der Waals surface area contributed by atoms with E-state index in [0.29, 0.717) is 0 Å². The third-order valence-electron chi connectivity index (χ3n) is 2.13. The normalized spacial score (nSPS) is 12.7. The monoisotopic (exact) mass is 241 g/mol. The molecule has 90 valence electrons. The Kier molecular flexibility index (Phi) is 3.12. The molecule has 0 aliphatic carbocycles. The van der Waals surface area contributed by atoms with E-state index >= 15 is 0 Å². The number of hydrogen-bond donors (Lipinski definition) is 2. The topological polar surface area (TPSA) is 85.2 Å². The van der Waals surface area contributed by atoms with Crippen molar-refractivity contribution in [2.75, 3.05) is 6.61 Å². The highest BCUT2D eigenvalue weighted by Gasteiger charge is 2.15. The molecule has 0 fully saturated rings. The third kappa shape index (κ3) is 2.29. The Morgan fingerprint density at radius 2 is 2.12 bits per heavy atom. The van der Waals surface area contributed by atoms with Gasteiger partial charge in [-0.3, -0.25) is 0 Å². The molecule has 2 aromatic rings. The summed E-state index contributed by atoms with van der Waals surface area (Å²) in [6.45, 7) is -0.348. The third-order valence-corrected chi connectivity index (χ3v) is 2.13. The van der Waals surface area contributed by atoms with Gasteiger partial charge < -0.3 is 15.4 Å². The van der Waals surface area contributed by atoms with E-state index in [0.717, 1.165) is 12.1 Å². The number of rotatable bonds is 3. The average molecular weight is 241 g/mol. The molecule has 3 N–H and O–H groups in total. The summed E-state index contributed by atoms with van der Waals surface area (Å²) in [5.74, 6) is -1.83. The number of benzene rings is 1. The van der Waals surface area contributed by atoms with E-state index in [1.165, 1.54) is 6.07 Å². The van der Waals surface area contributed by atoms with E-state index in [4.69, 9.17) is 15.4 Å². The molecule has 1 atom stereocenters. The number of aromatic nitrogens is 2. The van der Waals surface area contributed by atoms with E-state index in [9.17, 15) is 8.78 Å². The van der Waals surface area contributed by atoms with E-state index < -0.39 is 17.7 Å². The first-order valence-corrected chi connectivity index (χ1v) is 4.77. The van der Waals surface area contributed by atoms with Gasteiger partial charge in [0.05, 0.1) is 6.61 Å². The molecular formula is C10H9F2N3O2. The van der Waals surface area contributed by atoms with Crippen LogP contribution in [-0.2, 0) is 0 Å². The molecule has 0 amide bonds. The first-order valence-electron chi connectivity index (χ1n) is 4.77. The molecule has 5 nitrogen and oxygen atoms in total. The van der Waals surface area contributed by atoms with E-state index in [2.05, 4.69) is 10.1 Å². The van der Waals surface area contributed by atoms with Crippen molar-refractivity contribution >= 4 is 0 Å². The number of aliphatic hydroxyl groups is 1. The van der Waals surface area contributed by atoms with Gasteiger partial charge in [-0.2, -0.15) is 4.98 Å². The quantitative estimate of drug-likeness (QED) is 0.837. The van der Waals surface area contributed by atoms with Gasteiger partial charge in [0.25, 0.3) is 0 Å². The summed E-state index contributed by atoms with van der Waals surface area (Å²) in [6, 6.07) is 2.44. The minimum atomic E-state index is -1.000. The number of hydrogen-bond acceptors (Lipinski definition) is 5. The lowest BCUT2D eigenvalue weighted by molar-refractivity contribution is 0.237. The fourth-order valence-electron chi connectivity index (χ4n) is 1.22. The Bertz CT molecular complexity index is 530. The SMILES string of the molecule is NC(CO)c1nc(-c2ccc(F)c(F)c2)no1. The summed E-state index contributed by atoms with van der Waals surface area (Å²) in [5.41, 5.74) is 5.73. The largest absolute Gasteiger partial charge is 0.394 e. The maximum Gasteiger partial charge on any atom is 0.246 e. The maximum absolute atomic E-state index is 13.0. The Morgan fingerprint density at radius 1 is 1.35 bits per heavy atom. The van der Waals surface area contributed by atoms with Crippen LogP contribution in [0.3, 0.4) is 0 Å². The second-order valence-corrected chi connectivity index (χ2v) is 3.37. The van der Waals surface area contributed by atoms with Gasteiger partial charge in [0.1, 0.15) is 6.04 Å². The number of halogens is 2. The van der Waals surface area contributed by atoms with Crippen molar-refractivity contribution in [1.82, 2.24) is 10.1 Å². The summed E-state index contributed by atoms with van der Waals surface area (Å²) < 4.78 is 30.5. The Morgan fingerprint density at radius 3 is 2.76 bits per heavy atom. The molecule has 0 aliphatic rings. The van der Waals surface area contributed by atoms with Crippen LogP contribution in [-0.4, -0.2) is 21.9 Å². The lowest BCUT2D eigenvalue weighted by Gasteiger charge is -1.98.